The minimum Gasteiger partial charge on any atom is -0.350 e. The molecule has 7 nitrogen and oxygen atoms in total. The molecule has 1 N–H and O–H groups in total. The van der Waals surface area contributed by atoms with E-state index in [0.29, 0.717) is 13.2 Å². The first kappa shape index (κ1) is 14.5. The average molecular weight is 274 g/mol. The van der Waals surface area contributed by atoms with Crippen molar-refractivity contribution in [3.8, 4) is 0 Å². The van der Waals surface area contributed by atoms with Gasteiger partial charge in [-0.1, -0.05) is 0 Å². The van der Waals surface area contributed by atoms with Crippen molar-refractivity contribution < 1.29 is 23.9 Å². The van der Waals surface area contributed by atoms with Crippen LogP contribution in [0, 0.1) is 0 Å². The molecular formula is C12H22N2O5. The van der Waals surface area contributed by atoms with E-state index in [2.05, 4.69) is 5.48 Å². The van der Waals surface area contributed by atoms with Crippen LogP contribution in [0.4, 0.5) is 4.79 Å². The van der Waals surface area contributed by atoms with E-state index in [1.54, 1.807) is 0 Å². The molecular weight excluding hydrogens is 252 g/mol. The van der Waals surface area contributed by atoms with Crippen molar-refractivity contribution in [1.82, 2.24) is 10.5 Å². The number of carbonyl (C=O) groups is 1. The molecule has 0 saturated carbocycles. The van der Waals surface area contributed by atoms with Gasteiger partial charge >= 0.3 is 6.03 Å². The summed E-state index contributed by atoms with van der Waals surface area (Å²) in [6.07, 6.45) is 5.04. The first-order chi connectivity index (χ1) is 9.25. The van der Waals surface area contributed by atoms with Crippen molar-refractivity contribution in [3.63, 3.8) is 0 Å². The second-order valence-corrected chi connectivity index (χ2v) is 4.72. The Morgan fingerprint density at radius 1 is 1.11 bits per heavy atom. The van der Waals surface area contributed by atoms with Gasteiger partial charge in [-0.3, -0.25) is 0 Å². The van der Waals surface area contributed by atoms with Crippen LogP contribution in [0.1, 0.15) is 38.5 Å². The monoisotopic (exact) mass is 274 g/mol. The Morgan fingerprint density at radius 2 is 1.74 bits per heavy atom. The van der Waals surface area contributed by atoms with Crippen LogP contribution in [0.2, 0.25) is 0 Å². The molecule has 2 unspecified atom stereocenters. The molecule has 0 aliphatic carbocycles. The lowest BCUT2D eigenvalue weighted by Crippen LogP contribution is -2.43. The third kappa shape index (κ3) is 4.94. The summed E-state index contributed by atoms with van der Waals surface area (Å²) < 4.78 is 10.7. The van der Waals surface area contributed by atoms with Crippen molar-refractivity contribution in [2.24, 2.45) is 0 Å². The number of nitrogens with zero attached hydrogens (tertiary/aromatic N) is 1. The van der Waals surface area contributed by atoms with Crippen LogP contribution < -0.4 is 5.48 Å². The van der Waals surface area contributed by atoms with Gasteiger partial charge in [-0.2, -0.15) is 0 Å². The first-order valence-corrected chi connectivity index (χ1v) is 6.85. The molecule has 2 fully saturated rings. The zero-order valence-electron chi connectivity index (χ0n) is 11.3. The standard InChI is InChI=1S/C12H22N2O5/c1-14(19-11-7-3-5-9-17-11)12(15)13-18-10-6-2-4-8-16-10/h10-11H,2-9H2,1H3,(H,13,15). The summed E-state index contributed by atoms with van der Waals surface area (Å²) >= 11 is 0. The predicted octanol–water partition coefficient (Wildman–Crippen LogP) is 1.54. The third-order valence-corrected chi connectivity index (χ3v) is 3.12. The number of hydrogen-bond acceptors (Lipinski definition) is 5. The summed E-state index contributed by atoms with van der Waals surface area (Å²) in [5.41, 5.74) is 2.32. The Hall–Kier alpha value is -0.890. The fourth-order valence-electron chi connectivity index (χ4n) is 2.00. The van der Waals surface area contributed by atoms with E-state index in [0.717, 1.165) is 43.6 Å². The normalized spacial score (nSPS) is 27.8. The molecule has 2 aliphatic heterocycles. The van der Waals surface area contributed by atoms with Crippen LogP contribution in [0.15, 0.2) is 0 Å². The number of ether oxygens (including phenoxy) is 2. The maximum Gasteiger partial charge on any atom is 0.365 e. The number of amides is 2. The van der Waals surface area contributed by atoms with E-state index < -0.39 is 6.03 Å². The van der Waals surface area contributed by atoms with Crippen molar-refractivity contribution in [3.05, 3.63) is 0 Å². The summed E-state index contributed by atoms with van der Waals surface area (Å²) in [7, 11) is 1.53. The lowest BCUT2D eigenvalue weighted by atomic mass is 10.2. The summed E-state index contributed by atoms with van der Waals surface area (Å²) in [5.74, 6) is 0. The molecule has 2 saturated heterocycles. The van der Waals surface area contributed by atoms with Gasteiger partial charge in [0, 0.05) is 33.1 Å². The van der Waals surface area contributed by atoms with Crippen LogP contribution in [-0.2, 0) is 19.1 Å². The molecule has 0 aromatic rings. The molecule has 2 amide bonds. The highest BCUT2D eigenvalue weighted by Crippen LogP contribution is 2.15. The molecule has 2 rings (SSSR count). The van der Waals surface area contributed by atoms with Gasteiger partial charge in [0.05, 0.1) is 0 Å². The van der Waals surface area contributed by atoms with Gasteiger partial charge in [-0.05, 0) is 25.7 Å². The van der Waals surface area contributed by atoms with E-state index >= 15 is 0 Å². The Balaban J connectivity index is 1.63. The first-order valence-electron chi connectivity index (χ1n) is 6.85. The zero-order chi connectivity index (χ0) is 13.5. The van der Waals surface area contributed by atoms with E-state index in [4.69, 9.17) is 19.1 Å². The molecule has 7 heteroatoms. The lowest BCUT2D eigenvalue weighted by molar-refractivity contribution is -0.264. The number of urea groups is 1. The summed E-state index contributed by atoms with van der Waals surface area (Å²) in [4.78, 5) is 22.3. The summed E-state index contributed by atoms with van der Waals surface area (Å²) in [6.45, 7) is 1.34. The number of nitrogens with one attached hydrogen (secondary N) is 1. The Bertz CT molecular complexity index is 277. The van der Waals surface area contributed by atoms with Gasteiger partial charge in [0.1, 0.15) is 0 Å². The Labute approximate surface area is 113 Å². The highest BCUT2D eigenvalue weighted by Gasteiger charge is 2.21. The van der Waals surface area contributed by atoms with Gasteiger partial charge in [0.25, 0.3) is 0 Å². The predicted molar refractivity (Wildman–Crippen MR) is 65.6 cm³/mol. The van der Waals surface area contributed by atoms with Gasteiger partial charge in [0.15, 0.2) is 12.6 Å². The molecule has 110 valence electrons. The van der Waals surface area contributed by atoms with Gasteiger partial charge in [-0.15, -0.1) is 0 Å². The minimum atomic E-state index is -0.469. The van der Waals surface area contributed by atoms with Crippen molar-refractivity contribution in [2.75, 3.05) is 20.3 Å². The van der Waals surface area contributed by atoms with Crippen LogP contribution in [-0.4, -0.2) is 43.9 Å². The summed E-state index contributed by atoms with van der Waals surface area (Å²) in [6, 6.07) is -0.469. The van der Waals surface area contributed by atoms with Gasteiger partial charge < -0.3 is 9.47 Å². The average Bonchev–Trinajstić information content (AvgIpc) is 2.47. The Kier molecular flexibility index (Phi) is 5.84. The van der Waals surface area contributed by atoms with Crippen molar-refractivity contribution >= 4 is 6.03 Å². The fraction of sp³-hybridized carbons (Fsp3) is 0.917. The van der Waals surface area contributed by atoms with Crippen LogP contribution in [0.5, 0.6) is 0 Å². The maximum atomic E-state index is 11.7. The highest BCUT2D eigenvalue weighted by atomic mass is 16.8. The van der Waals surface area contributed by atoms with E-state index in [1.807, 2.05) is 0 Å². The lowest BCUT2D eigenvalue weighted by Gasteiger charge is -2.28. The van der Waals surface area contributed by atoms with Crippen LogP contribution in [0.3, 0.4) is 0 Å². The quantitative estimate of drug-likeness (QED) is 0.788. The molecule has 2 atom stereocenters. The molecule has 2 heterocycles. The maximum absolute atomic E-state index is 11.7. The van der Waals surface area contributed by atoms with E-state index in [1.165, 1.54) is 7.05 Å². The zero-order valence-corrected chi connectivity index (χ0v) is 11.3. The van der Waals surface area contributed by atoms with E-state index in [-0.39, 0.29) is 12.6 Å². The van der Waals surface area contributed by atoms with Crippen molar-refractivity contribution in [1.29, 1.82) is 0 Å². The largest absolute Gasteiger partial charge is 0.365 e. The van der Waals surface area contributed by atoms with E-state index in [9.17, 15) is 4.79 Å². The Morgan fingerprint density at radius 3 is 2.32 bits per heavy atom. The smallest absolute Gasteiger partial charge is 0.350 e. The number of carbonyl (C=O) groups excluding carboxylic acids is 1. The van der Waals surface area contributed by atoms with Crippen molar-refractivity contribution in [2.45, 2.75) is 51.1 Å². The third-order valence-electron chi connectivity index (χ3n) is 3.12. The molecule has 19 heavy (non-hydrogen) atoms. The number of hydroxylamine groups is 3. The molecule has 0 aromatic heterocycles. The minimum absolute atomic E-state index is 0.351. The van der Waals surface area contributed by atoms with Gasteiger partial charge in [0.2, 0.25) is 0 Å². The second-order valence-electron chi connectivity index (χ2n) is 4.72. The van der Waals surface area contributed by atoms with Crippen LogP contribution >= 0.6 is 0 Å². The molecule has 0 bridgehead atoms. The number of hydrogen-bond donors (Lipinski definition) is 1. The van der Waals surface area contributed by atoms with Crippen LogP contribution in [0.25, 0.3) is 0 Å². The van der Waals surface area contributed by atoms with Gasteiger partial charge in [-0.25, -0.2) is 25.0 Å². The topological polar surface area (TPSA) is 69.3 Å². The summed E-state index contributed by atoms with van der Waals surface area (Å²) in [5, 5.41) is 1.10. The SMILES string of the molecule is CN(OC1CCCCO1)C(=O)NOC1CCCCO1. The fourth-order valence-corrected chi connectivity index (χ4v) is 2.00. The molecule has 0 radical (unpaired) electrons. The number of rotatable bonds is 4. The highest BCUT2D eigenvalue weighted by molar-refractivity contribution is 5.71. The molecule has 0 aromatic carbocycles. The second kappa shape index (κ2) is 7.64. The molecule has 2 aliphatic rings. The molecule has 0 spiro atoms.